The van der Waals surface area contributed by atoms with Gasteiger partial charge in [0, 0.05) is 6.07 Å². The molecule has 3 rings (SSSR count). The van der Waals surface area contributed by atoms with Crippen molar-refractivity contribution in [1.29, 1.82) is 5.26 Å². The molecule has 0 bridgehead atoms. The Hall–Kier alpha value is -3.44. The van der Waals surface area contributed by atoms with Crippen molar-refractivity contribution in [1.82, 2.24) is 0 Å². The van der Waals surface area contributed by atoms with Crippen LogP contribution in [0.25, 0.3) is 0 Å². The number of nitrogens with two attached hydrogens (primary N) is 1. The van der Waals surface area contributed by atoms with Gasteiger partial charge in [0.05, 0.1) is 25.2 Å². The van der Waals surface area contributed by atoms with Crippen molar-refractivity contribution < 1.29 is 19.1 Å². The van der Waals surface area contributed by atoms with E-state index >= 15 is 0 Å². The van der Waals surface area contributed by atoms with E-state index in [0.29, 0.717) is 17.9 Å². The number of nitriles is 1. The lowest BCUT2D eigenvalue weighted by Gasteiger charge is -2.18. The lowest BCUT2D eigenvalue weighted by Crippen LogP contribution is -2.31. The van der Waals surface area contributed by atoms with Gasteiger partial charge in [-0.15, -0.1) is 0 Å². The molecular weight excluding hydrogens is 390 g/mol. The molecule has 0 spiro atoms. The Morgan fingerprint density at radius 3 is 2.45 bits per heavy atom. The molecule has 0 aromatic heterocycles. The van der Waals surface area contributed by atoms with Crippen LogP contribution in [0.4, 0.5) is 5.69 Å². The number of thioether (sulfide) groups is 1. The van der Waals surface area contributed by atoms with Gasteiger partial charge in [-0.05, 0) is 36.2 Å². The molecule has 1 saturated heterocycles. The van der Waals surface area contributed by atoms with Crippen LogP contribution in [0.2, 0.25) is 0 Å². The number of benzene rings is 2. The predicted molar refractivity (Wildman–Crippen MR) is 110 cm³/mol. The Kier molecular flexibility index (Phi) is 6.10. The molecule has 1 heterocycles. The largest absolute Gasteiger partial charge is 0.497 e. The monoisotopic (exact) mass is 409 g/mol. The summed E-state index contributed by atoms with van der Waals surface area (Å²) in [5, 5.41) is 9.17. The molecule has 0 aliphatic carbocycles. The van der Waals surface area contributed by atoms with Crippen LogP contribution in [-0.2, 0) is 16.0 Å². The van der Waals surface area contributed by atoms with Gasteiger partial charge in [-0.1, -0.05) is 30.0 Å². The van der Waals surface area contributed by atoms with Crippen LogP contribution in [0, 0.1) is 11.3 Å². The minimum atomic E-state index is -0.874. The third-order valence-electron chi connectivity index (χ3n) is 4.42. The fourth-order valence-corrected chi connectivity index (χ4v) is 4.28. The second-order valence-electron chi connectivity index (χ2n) is 6.19. The smallest absolute Gasteiger partial charge is 0.262 e. The number of ether oxygens (including phenoxy) is 2. The van der Waals surface area contributed by atoms with E-state index in [0.717, 1.165) is 23.1 Å². The fraction of sp³-hybridized carbons (Fsp3) is 0.190. The van der Waals surface area contributed by atoms with E-state index in [9.17, 15) is 14.9 Å². The van der Waals surface area contributed by atoms with Crippen LogP contribution in [0.3, 0.4) is 0 Å². The van der Waals surface area contributed by atoms with Crippen molar-refractivity contribution in [2.24, 2.45) is 5.73 Å². The Morgan fingerprint density at radius 1 is 1.17 bits per heavy atom. The second-order valence-corrected chi connectivity index (χ2v) is 7.38. The molecule has 1 aliphatic heterocycles. The minimum absolute atomic E-state index is 0.233. The number of rotatable bonds is 6. The summed E-state index contributed by atoms with van der Waals surface area (Å²) in [6.45, 7) is 0. The molecule has 1 atom stereocenters. The van der Waals surface area contributed by atoms with Gasteiger partial charge < -0.3 is 15.2 Å². The van der Waals surface area contributed by atoms with Gasteiger partial charge in [-0.25, -0.2) is 0 Å². The van der Waals surface area contributed by atoms with E-state index in [-0.39, 0.29) is 16.5 Å². The molecule has 0 saturated carbocycles. The zero-order valence-electron chi connectivity index (χ0n) is 15.9. The van der Waals surface area contributed by atoms with Crippen LogP contribution >= 0.6 is 11.8 Å². The summed E-state index contributed by atoms with van der Waals surface area (Å²) in [5.41, 5.74) is 6.58. The summed E-state index contributed by atoms with van der Waals surface area (Å²) in [7, 11) is 3.11. The van der Waals surface area contributed by atoms with Gasteiger partial charge in [-0.3, -0.25) is 14.5 Å². The van der Waals surface area contributed by atoms with Crippen LogP contribution in [0.5, 0.6) is 11.5 Å². The van der Waals surface area contributed by atoms with E-state index < -0.39 is 11.2 Å². The SMILES string of the molecule is COc1ccc(CC2S/C(=C(/C#N)C(N)=O)N(c3cccc(OC)c3)C2=O)cc1. The Bertz CT molecular complexity index is 1010. The third kappa shape index (κ3) is 4.20. The minimum Gasteiger partial charge on any atom is -0.497 e. The molecule has 1 unspecified atom stereocenters. The molecule has 2 amide bonds. The number of hydrogen-bond acceptors (Lipinski definition) is 6. The van der Waals surface area contributed by atoms with Crippen LogP contribution in [-0.4, -0.2) is 31.3 Å². The number of amides is 2. The summed E-state index contributed by atoms with van der Waals surface area (Å²) in [6.07, 6.45) is 0.426. The van der Waals surface area contributed by atoms with Crippen LogP contribution in [0.15, 0.2) is 59.1 Å². The lowest BCUT2D eigenvalue weighted by atomic mass is 10.1. The number of methoxy groups -OCH3 is 2. The first-order valence-corrected chi connectivity index (χ1v) is 9.58. The number of anilines is 1. The fourth-order valence-electron chi connectivity index (χ4n) is 2.96. The predicted octanol–water partition coefficient (Wildman–Crippen LogP) is 2.62. The van der Waals surface area contributed by atoms with Crippen molar-refractivity contribution in [3.05, 3.63) is 64.7 Å². The Labute approximate surface area is 172 Å². The van der Waals surface area contributed by atoms with Gasteiger partial charge in [0.25, 0.3) is 5.91 Å². The van der Waals surface area contributed by atoms with Crippen LogP contribution < -0.4 is 20.1 Å². The molecular formula is C21H19N3O4S. The molecule has 29 heavy (non-hydrogen) atoms. The highest BCUT2D eigenvalue weighted by molar-refractivity contribution is 8.05. The first kappa shape index (κ1) is 20.3. The van der Waals surface area contributed by atoms with Crippen molar-refractivity contribution in [3.63, 3.8) is 0 Å². The summed E-state index contributed by atoms with van der Waals surface area (Å²) in [4.78, 5) is 26.4. The van der Waals surface area contributed by atoms with E-state index in [1.54, 1.807) is 31.4 Å². The number of carbonyl (C=O) groups is 2. The van der Waals surface area contributed by atoms with Crippen LogP contribution in [0.1, 0.15) is 5.56 Å². The van der Waals surface area contributed by atoms with Crippen molar-refractivity contribution in [2.75, 3.05) is 19.1 Å². The zero-order valence-corrected chi connectivity index (χ0v) is 16.7. The van der Waals surface area contributed by atoms with E-state index in [4.69, 9.17) is 15.2 Å². The zero-order chi connectivity index (χ0) is 21.0. The molecule has 2 aromatic carbocycles. The van der Waals surface area contributed by atoms with Gasteiger partial charge in [-0.2, -0.15) is 5.26 Å². The molecule has 2 aromatic rings. The number of carbonyl (C=O) groups excluding carboxylic acids is 2. The van der Waals surface area contributed by atoms with Crippen molar-refractivity contribution in [2.45, 2.75) is 11.7 Å². The Balaban J connectivity index is 2.00. The maximum absolute atomic E-state index is 13.2. The quantitative estimate of drug-likeness (QED) is 0.581. The summed E-state index contributed by atoms with van der Waals surface area (Å²) in [6, 6.07) is 16.1. The number of hydrogen-bond donors (Lipinski definition) is 1. The molecule has 1 aliphatic rings. The maximum atomic E-state index is 13.2. The first-order chi connectivity index (χ1) is 14.0. The highest BCUT2D eigenvalue weighted by atomic mass is 32.2. The average molecular weight is 409 g/mol. The highest BCUT2D eigenvalue weighted by Gasteiger charge is 2.40. The van der Waals surface area contributed by atoms with Gasteiger partial charge in [0.2, 0.25) is 5.91 Å². The summed E-state index contributed by atoms with van der Waals surface area (Å²) in [5.74, 6) is 0.165. The maximum Gasteiger partial charge on any atom is 0.262 e. The topological polar surface area (TPSA) is 106 Å². The molecule has 148 valence electrons. The van der Waals surface area contributed by atoms with E-state index in [2.05, 4.69) is 0 Å². The average Bonchev–Trinajstić information content (AvgIpc) is 3.04. The number of nitrogens with zero attached hydrogens (tertiary/aromatic N) is 2. The molecule has 0 radical (unpaired) electrons. The Morgan fingerprint density at radius 2 is 1.86 bits per heavy atom. The molecule has 2 N–H and O–H groups in total. The standard InChI is InChI=1S/C21H19N3O4S/c1-27-15-8-6-13(7-9-15)10-18-20(26)24(14-4-3-5-16(11-14)28-2)21(29-18)17(12-22)19(23)25/h3-9,11,18H,10H2,1-2H3,(H2,23,25)/b21-17-. The third-order valence-corrected chi connectivity index (χ3v) is 5.68. The molecule has 7 nitrogen and oxygen atoms in total. The normalized spacial score (nSPS) is 17.6. The summed E-state index contributed by atoms with van der Waals surface area (Å²) < 4.78 is 10.4. The molecule has 1 fully saturated rings. The van der Waals surface area contributed by atoms with E-state index in [1.165, 1.54) is 12.0 Å². The molecule has 8 heteroatoms. The number of primary amides is 1. The first-order valence-electron chi connectivity index (χ1n) is 8.70. The van der Waals surface area contributed by atoms with Gasteiger partial charge in [0.1, 0.15) is 28.2 Å². The lowest BCUT2D eigenvalue weighted by molar-refractivity contribution is -0.117. The van der Waals surface area contributed by atoms with Gasteiger partial charge in [0.15, 0.2) is 0 Å². The summed E-state index contributed by atoms with van der Waals surface area (Å²) >= 11 is 1.16. The van der Waals surface area contributed by atoms with Crippen molar-refractivity contribution in [3.8, 4) is 17.6 Å². The van der Waals surface area contributed by atoms with E-state index in [1.807, 2.05) is 30.3 Å². The second kappa shape index (κ2) is 8.71. The highest BCUT2D eigenvalue weighted by Crippen LogP contribution is 2.42. The van der Waals surface area contributed by atoms with Gasteiger partial charge >= 0.3 is 0 Å². The van der Waals surface area contributed by atoms with Crippen molar-refractivity contribution >= 4 is 29.3 Å².